The van der Waals surface area contributed by atoms with Gasteiger partial charge in [-0.3, -0.25) is 4.79 Å². The second-order valence-corrected chi connectivity index (χ2v) is 3.23. The third-order valence-corrected chi connectivity index (χ3v) is 1.92. The molecule has 1 amide bonds. The number of hydrogen-bond acceptors (Lipinski definition) is 5. The number of rotatable bonds is 3. The summed E-state index contributed by atoms with van der Waals surface area (Å²) >= 11 is 0. The van der Waals surface area contributed by atoms with Crippen LogP contribution in [0.5, 0.6) is 0 Å². The Morgan fingerprint density at radius 3 is 2.77 bits per heavy atom. The first-order valence-corrected chi connectivity index (χ1v) is 4.68. The number of aromatic nitrogens is 2. The molecule has 0 saturated heterocycles. The van der Waals surface area contributed by atoms with Crippen molar-refractivity contribution in [3.8, 4) is 0 Å². The standard InChI is InChI=1S/C6H7N3O3S/c7-6(10)5-4(2-13(11)12)1-8-3-9-5/h1,3,13H,2H2,(H2,7,10). The van der Waals surface area contributed by atoms with Gasteiger partial charge < -0.3 is 5.73 Å². The van der Waals surface area contributed by atoms with Crippen LogP contribution in [0.15, 0.2) is 12.5 Å². The molecule has 1 heterocycles. The smallest absolute Gasteiger partial charge is 0.267 e. The number of nitrogens with zero attached hydrogens (tertiary/aromatic N) is 2. The average Bonchev–Trinajstić information content (AvgIpc) is 2.03. The summed E-state index contributed by atoms with van der Waals surface area (Å²) in [6, 6.07) is 0. The Morgan fingerprint density at radius 1 is 1.54 bits per heavy atom. The summed E-state index contributed by atoms with van der Waals surface area (Å²) in [4.78, 5) is 17.9. The second-order valence-electron chi connectivity index (χ2n) is 2.25. The van der Waals surface area contributed by atoms with E-state index in [2.05, 4.69) is 9.97 Å². The molecule has 0 radical (unpaired) electrons. The molecule has 0 aliphatic rings. The summed E-state index contributed by atoms with van der Waals surface area (Å²) < 4.78 is 20.7. The van der Waals surface area contributed by atoms with Gasteiger partial charge in [0.25, 0.3) is 5.91 Å². The average molecular weight is 201 g/mol. The SMILES string of the molecule is NC(=O)c1ncncc1C[SH](=O)=O. The van der Waals surface area contributed by atoms with E-state index in [-0.39, 0.29) is 17.0 Å². The van der Waals surface area contributed by atoms with Crippen molar-refractivity contribution >= 4 is 16.6 Å². The largest absolute Gasteiger partial charge is 0.364 e. The third-order valence-electron chi connectivity index (χ3n) is 1.32. The predicted molar refractivity (Wildman–Crippen MR) is 44.6 cm³/mol. The topological polar surface area (TPSA) is 103 Å². The summed E-state index contributed by atoms with van der Waals surface area (Å²) in [5.41, 5.74) is 5.15. The van der Waals surface area contributed by atoms with E-state index in [4.69, 9.17) is 5.73 Å². The molecule has 70 valence electrons. The summed E-state index contributed by atoms with van der Waals surface area (Å²) in [5.74, 6) is -1.02. The fourth-order valence-electron chi connectivity index (χ4n) is 0.835. The molecule has 0 fully saturated rings. The van der Waals surface area contributed by atoms with E-state index in [9.17, 15) is 13.2 Å². The van der Waals surface area contributed by atoms with E-state index < -0.39 is 16.6 Å². The molecule has 1 aromatic heterocycles. The molecule has 0 aliphatic heterocycles. The van der Waals surface area contributed by atoms with Gasteiger partial charge >= 0.3 is 0 Å². The van der Waals surface area contributed by atoms with Crippen LogP contribution in [0.25, 0.3) is 0 Å². The molecular weight excluding hydrogens is 194 g/mol. The lowest BCUT2D eigenvalue weighted by molar-refractivity contribution is 0.0994. The monoisotopic (exact) mass is 201 g/mol. The van der Waals surface area contributed by atoms with Crippen molar-refractivity contribution in [3.05, 3.63) is 23.8 Å². The Hall–Kier alpha value is -1.50. The first kappa shape index (κ1) is 9.59. The zero-order valence-electron chi connectivity index (χ0n) is 6.51. The van der Waals surface area contributed by atoms with E-state index in [0.29, 0.717) is 0 Å². The van der Waals surface area contributed by atoms with Crippen LogP contribution in [0.3, 0.4) is 0 Å². The van der Waals surface area contributed by atoms with Crippen LogP contribution in [0.2, 0.25) is 0 Å². The minimum Gasteiger partial charge on any atom is -0.364 e. The first-order valence-electron chi connectivity index (χ1n) is 3.31. The van der Waals surface area contributed by atoms with Gasteiger partial charge in [-0.25, -0.2) is 18.4 Å². The van der Waals surface area contributed by atoms with E-state index in [1.807, 2.05) is 0 Å². The minimum atomic E-state index is -2.61. The molecule has 6 nitrogen and oxygen atoms in total. The van der Waals surface area contributed by atoms with Gasteiger partial charge in [0.2, 0.25) is 0 Å². The Balaban J connectivity index is 3.11. The Bertz CT molecular complexity index is 394. The van der Waals surface area contributed by atoms with Crippen LogP contribution in [0, 0.1) is 0 Å². The molecule has 0 unspecified atom stereocenters. The molecule has 0 atom stereocenters. The molecule has 13 heavy (non-hydrogen) atoms. The zero-order chi connectivity index (χ0) is 9.84. The fraction of sp³-hybridized carbons (Fsp3) is 0.167. The van der Waals surface area contributed by atoms with Crippen LogP contribution >= 0.6 is 0 Å². The first-order chi connectivity index (χ1) is 6.11. The van der Waals surface area contributed by atoms with Crippen molar-refractivity contribution in [1.29, 1.82) is 0 Å². The van der Waals surface area contributed by atoms with Crippen molar-refractivity contribution in [3.63, 3.8) is 0 Å². The molecular formula is C6H7N3O3S. The summed E-state index contributed by atoms with van der Waals surface area (Å²) in [5, 5.41) is 0. The van der Waals surface area contributed by atoms with Gasteiger partial charge in [0.1, 0.15) is 22.7 Å². The predicted octanol–water partition coefficient (Wildman–Crippen LogP) is -1.31. The molecule has 0 aliphatic carbocycles. The number of carbonyl (C=O) groups is 1. The van der Waals surface area contributed by atoms with Crippen molar-refractivity contribution in [2.24, 2.45) is 5.73 Å². The van der Waals surface area contributed by atoms with Crippen LogP contribution < -0.4 is 5.73 Å². The van der Waals surface area contributed by atoms with Gasteiger partial charge in [0.05, 0.1) is 5.75 Å². The quantitative estimate of drug-likeness (QED) is 0.591. The number of amides is 1. The summed E-state index contributed by atoms with van der Waals surface area (Å²) in [6.45, 7) is 0. The highest BCUT2D eigenvalue weighted by molar-refractivity contribution is 7.71. The van der Waals surface area contributed by atoms with Crippen LogP contribution in [0.4, 0.5) is 0 Å². The highest BCUT2D eigenvalue weighted by Crippen LogP contribution is 2.03. The van der Waals surface area contributed by atoms with Crippen molar-refractivity contribution in [1.82, 2.24) is 9.97 Å². The molecule has 0 aromatic carbocycles. The zero-order valence-corrected chi connectivity index (χ0v) is 7.40. The maximum Gasteiger partial charge on any atom is 0.267 e. The van der Waals surface area contributed by atoms with E-state index in [1.54, 1.807) is 0 Å². The summed E-state index contributed by atoms with van der Waals surface area (Å²) in [6.07, 6.45) is 2.40. The van der Waals surface area contributed by atoms with Crippen LogP contribution in [-0.4, -0.2) is 24.3 Å². The Labute approximate surface area is 75.8 Å². The molecule has 1 rings (SSSR count). The number of carbonyl (C=O) groups excluding carboxylic acids is 1. The lowest BCUT2D eigenvalue weighted by Gasteiger charge is -1.99. The highest BCUT2D eigenvalue weighted by atomic mass is 32.2. The highest BCUT2D eigenvalue weighted by Gasteiger charge is 2.09. The molecule has 2 N–H and O–H groups in total. The number of primary amides is 1. The molecule has 0 bridgehead atoms. The third kappa shape index (κ3) is 2.48. The fourth-order valence-corrected chi connectivity index (χ4v) is 1.34. The molecule has 7 heteroatoms. The number of thiol groups is 1. The van der Waals surface area contributed by atoms with Gasteiger partial charge in [0, 0.05) is 11.8 Å². The normalized spacial score (nSPS) is 10.2. The summed E-state index contributed by atoms with van der Waals surface area (Å²) in [7, 11) is -2.61. The molecule has 0 spiro atoms. The van der Waals surface area contributed by atoms with Crippen LogP contribution in [-0.2, 0) is 16.5 Å². The van der Waals surface area contributed by atoms with Crippen molar-refractivity contribution < 1.29 is 13.2 Å². The second kappa shape index (κ2) is 3.94. The minimum absolute atomic E-state index is 0.0470. The van der Waals surface area contributed by atoms with E-state index >= 15 is 0 Å². The Morgan fingerprint density at radius 2 is 2.23 bits per heavy atom. The molecule has 1 aromatic rings. The van der Waals surface area contributed by atoms with Crippen LogP contribution in [0.1, 0.15) is 16.1 Å². The van der Waals surface area contributed by atoms with Gasteiger partial charge in [-0.2, -0.15) is 0 Å². The molecule has 0 saturated carbocycles. The lowest BCUT2D eigenvalue weighted by atomic mass is 10.2. The number of hydrogen-bond donors (Lipinski definition) is 2. The van der Waals surface area contributed by atoms with Gasteiger partial charge in [0.15, 0.2) is 0 Å². The number of nitrogens with two attached hydrogens (primary N) is 1. The van der Waals surface area contributed by atoms with Crippen molar-refractivity contribution in [2.45, 2.75) is 5.75 Å². The van der Waals surface area contributed by atoms with E-state index in [1.165, 1.54) is 6.20 Å². The van der Waals surface area contributed by atoms with Gasteiger partial charge in [-0.1, -0.05) is 0 Å². The van der Waals surface area contributed by atoms with E-state index in [0.717, 1.165) is 6.33 Å². The maximum atomic E-state index is 10.7. The van der Waals surface area contributed by atoms with Gasteiger partial charge in [-0.05, 0) is 0 Å². The Kier molecular flexibility index (Phi) is 2.91. The maximum absolute atomic E-state index is 10.7. The van der Waals surface area contributed by atoms with Gasteiger partial charge in [-0.15, -0.1) is 0 Å². The van der Waals surface area contributed by atoms with Crippen molar-refractivity contribution in [2.75, 3.05) is 0 Å². The lowest BCUT2D eigenvalue weighted by Crippen LogP contribution is -2.16.